The van der Waals surface area contributed by atoms with Gasteiger partial charge in [0.2, 0.25) is 0 Å². The van der Waals surface area contributed by atoms with Crippen LogP contribution < -0.4 is 0 Å². The van der Waals surface area contributed by atoms with E-state index in [0.717, 1.165) is 37.7 Å². The number of rotatable bonds is 5. The summed E-state index contributed by atoms with van der Waals surface area (Å²) in [5, 5.41) is 14.1. The number of ether oxygens (including phenoxy) is 1. The molecule has 0 spiro atoms. The van der Waals surface area contributed by atoms with Gasteiger partial charge >= 0.3 is 0 Å². The van der Waals surface area contributed by atoms with Crippen molar-refractivity contribution in [3.05, 3.63) is 45.7 Å². The third-order valence-corrected chi connectivity index (χ3v) is 5.98. The van der Waals surface area contributed by atoms with E-state index in [-0.39, 0.29) is 17.0 Å². The molecule has 0 unspecified atom stereocenters. The van der Waals surface area contributed by atoms with E-state index in [4.69, 9.17) is 27.9 Å². The highest BCUT2D eigenvalue weighted by Crippen LogP contribution is 2.36. The molecule has 6 nitrogen and oxygen atoms in total. The molecule has 0 N–H and O–H groups in total. The first-order valence-corrected chi connectivity index (χ1v) is 10.6. The summed E-state index contributed by atoms with van der Waals surface area (Å²) in [5.41, 5.74) is 0.482. The van der Waals surface area contributed by atoms with Crippen molar-refractivity contribution in [3.63, 3.8) is 0 Å². The van der Waals surface area contributed by atoms with Gasteiger partial charge in [-0.2, -0.15) is 0 Å². The van der Waals surface area contributed by atoms with Gasteiger partial charge in [0.1, 0.15) is 0 Å². The van der Waals surface area contributed by atoms with Gasteiger partial charge in [-0.25, -0.2) is 4.68 Å². The van der Waals surface area contributed by atoms with Crippen molar-refractivity contribution in [2.45, 2.75) is 46.2 Å². The van der Waals surface area contributed by atoms with Crippen LogP contribution in [0.1, 0.15) is 52.0 Å². The summed E-state index contributed by atoms with van der Waals surface area (Å²) in [6.45, 7) is 14.0. The predicted octanol–water partition coefficient (Wildman–Crippen LogP) is 4.85. The Morgan fingerprint density at radius 2 is 1.79 bits per heavy atom. The Bertz CT molecular complexity index is 866. The molecule has 1 saturated heterocycles. The van der Waals surface area contributed by atoms with E-state index in [1.165, 1.54) is 0 Å². The molecule has 1 aromatic carbocycles. The molecule has 1 atom stereocenters. The summed E-state index contributed by atoms with van der Waals surface area (Å²) in [6, 6.07) is 5.45. The van der Waals surface area contributed by atoms with Gasteiger partial charge < -0.3 is 4.74 Å². The molecule has 1 fully saturated rings. The highest BCUT2D eigenvalue weighted by molar-refractivity contribution is 6.35. The Hall–Kier alpha value is -1.47. The zero-order valence-corrected chi connectivity index (χ0v) is 19.2. The normalized spacial score (nSPS) is 17.8. The Balaban J connectivity index is 1.97. The smallest absolute Gasteiger partial charge is 0.171 e. The van der Waals surface area contributed by atoms with Gasteiger partial charge in [-0.05, 0) is 47.4 Å². The summed E-state index contributed by atoms with van der Waals surface area (Å²) in [5.74, 6) is 0.839. The fourth-order valence-corrected chi connectivity index (χ4v) is 4.09. The Labute approximate surface area is 182 Å². The number of allylic oxidation sites excluding steroid dienone is 1. The zero-order chi connectivity index (χ0) is 21.2. The van der Waals surface area contributed by atoms with Gasteiger partial charge in [-0.3, -0.25) is 4.90 Å². The van der Waals surface area contributed by atoms with Crippen LogP contribution in [0.25, 0.3) is 6.08 Å². The average Bonchev–Trinajstić information content (AvgIpc) is 3.13. The summed E-state index contributed by atoms with van der Waals surface area (Å²) >= 11 is 12.4. The zero-order valence-electron chi connectivity index (χ0n) is 17.7. The number of morpholine rings is 1. The largest absolute Gasteiger partial charge is 0.379 e. The van der Waals surface area contributed by atoms with Crippen LogP contribution in [0.3, 0.4) is 0 Å². The van der Waals surface area contributed by atoms with Crippen molar-refractivity contribution >= 4 is 29.3 Å². The second-order valence-corrected chi connectivity index (χ2v) is 9.78. The molecule has 158 valence electrons. The van der Waals surface area contributed by atoms with E-state index < -0.39 is 0 Å². The molecule has 3 rings (SSSR count). The summed E-state index contributed by atoms with van der Waals surface area (Å²) in [6.07, 6.45) is 4.13. The third-order valence-electron chi connectivity index (χ3n) is 5.41. The molecule has 0 radical (unpaired) electrons. The molecule has 29 heavy (non-hydrogen) atoms. The first kappa shape index (κ1) is 22.2. The maximum Gasteiger partial charge on any atom is 0.171 e. The SMILES string of the molecule is CC(C)(C)[C@H](/C=C/c1ccc(Cl)cc1Cl)n1nnnc1C(C)(C)N1CCOCC1. The lowest BCUT2D eigenvalue weighted by Crippen LogP contribution is -2.49. The number of benzene rings is 1. The monoisotopic (exact) mass is 437 g/mol. The molecule has 1 aliphatic heterocycles. The summed E-state index contributed by atoms with van der Waals surface area (Å²) in [7, 11) is 0. The molecule has 0 bridgehead atoms. The number of hydrogen-bond acceptors (Lipinski definition) is 5. The van der Waals surface area contributed by atoms with Gasteiger partial charge in [-0.15, -0.1) is 5.10 Å². The van der Waals surface area contributed by atoms with Gasteiger partial charge in [-0.1, -0.05) is 62.2 Å². The Kier molecular flexibility index (Phi) is 6.68. The fraction of sp³-hybridized carbons (Fsp3) is 0.571. The second-order valence-electron chi connectivity index (χ2n) is 8.94. The van der Waals surface area contributed by atoms with Crippen LogP contribution in [0.15, 0.2) is 24.3 Å². The molecule has 2 aromatic rings. The number of tetrazole rings is 1. The highest BCUT2D eigenvalue weighted by atomic mass is 35.5. The van der Waals surface area contributed by atoms with Crippen LogP contribution in [0.4, 0.5) is 0 Å². The Morgan fingerprint density at radius 3 is 2.41 bits per heavy atom. The molecular weight excluding hydrogens is 409 g/mol. The lowest BCUT2D eigenvalue weighted by molar-refractivity contribution is -0.0171. The summed E-state index contributed by atoms with van der Waals surface area (Å²) < 4.78 is 7.46. The van der Waals surface area contributed by atoms with Gasteiger partial charge in [0.25, 0.3) is 0 Å². The van der Waals surface area contributed by atoms with E-state index >= 15 is 0 Å². The quantitative estimate of drug-likeness (QED) is 0.668. The van der Waals surface area contributed by atoms with Crippen LogP contribution >= 0.6 is 23.2 Å². The van der Waals surface area contributed by atoms with Crippen molar-refractivity contribution < 1.29 is 4.74 Å². The topological polar surface area (TPSA) is 56.1 Å². The first-order chi connectivity index (χ1) is 13.6. The standard InChI is InChI=1S/C21H29Cl2N5O/c1-20(2,3)18(9-7-15-6-8-16(22)14-17(15)23)28-19(24-25-26-28)21(4,5)27-10-12-29-13-11-27/h6-9,14,18H,10-13H2,1-5H3/b9-7+/t18-/m0/s1. The highest BCUT2D eigenvalue weighted by Gasteiger charge is 2.38. The van der Waals surface area contributed by atoms with Gasteiger partial charge in [0, 0.05) is 23.1 Å². The fourth-order valence-electron chi connectivity index (χ4n) is 3.62. The molecule has 0 aliphatic carbocycles. The third kappa shape index (κ3) is 5.00. The molecule has 1 aromatic heterocycles. The predicted molar refractivity (Wildman–Crippen MR) is 117 cm³/mol. The molecule has 1 aliphatic rings. The second kappa shape index (κ2) is 8.72. The lowest BCUT2D eigenvalue weighted by atomic mass is 9.85. The maximum atomic E-state index is 6.36. The minimum Gasteiger partial charge on any atom is -0.379 e. The molecule has 0 amide bonds. The minimum absolute atomic E-state index is 0.0560. The molecular formula is C21H29Cl2N5O. The Morgan fingerprint density at radius 1 is 1.10 bits per heavy atom. The molecule has 0 saturated carbocycles. The van der Waals surface area contributed by atoms with Crippen molar-refractivity contribution in [1.29, 1.82) is 0 Å². The molecule has 2 heterocycles. The van der Waals surface area contributed by atoms with E-state index in [9.17, 15) is 0 Å². The van der Waals surface area contributed by atoms with Gasteiger partial charge in [0.15, 0.2) is 5.82 Å². The number of nitrogens with zero attached hydrogens (tertiary/aromatic N) is 5. The van der Waals surface area contributed by atoms with Gasteiger partial charge in [0.05, 0.1) is 24.8 Å². The lowest BCUT2D eigenvalue weighted by Gasteiger charge is -2.41. The van der Waals surface area contributed by atoms with E-state index in [1.54, 1.807) is 6.07 Å². The van der Waals surface area contributed by atoms with Crippen molar-refractivity contribution in [1.82, 2.24) is 25.1 Å². The van der Waals surface area contributed by atoms with Crippen LogP contribution in [-0.2, 0) is 10.3 Å². The van der Waals surface area contributed by atoms with Crippen LogP contribution in [0, 0.1) is 5.41 Å². The van der Waals surface area contributed by atoms with E-state index in [0.29, 0.717) is 10.0 Å². The minimum atomic E-state index is -0.317. The number of halogens is 2. The molecule has 8 heteroatoms. The maximum absolute atomic E-state index is 6.36. The average molecular weight is 438 g/mol. The van der Waals surface area contributed by atoms with Crippen LogP contribution in [0.5, 0.6) is 0 Å². The number of hydrogen-bond donors (Lipinski definition) is 0. The number of aromatic nitrogens is 4. The van der Waals surface area contributed by atoms with Crippen molar-refractivity contribution in [2.24, 2.45) is 5.41 Å². The van der Waals surface area contributed by atoms with Crippen LogP contribution in [-0.4, -0.2) is 51.4 Å². The summed E-state index contributed by atoms with van der Waals surface area (Å²) in [4.78, 5) is 2.37. The van der Waals surface area contributed by atoms with Crippen molar-refractivity contribution in [2.75, 3.05) is 26.3 Å². The first-order valence-electron chi connectivity index (χ1n) is 9.85. The van der Waals surface area contributed by atoms with Crippen molar-refractivity contribution in [3.8, 4) is 0 Å². The van der Waals surface area contributed by atoms with E-state index in [2.05, 4.69) is 61.1 Å². The van der Waals surface area contributed by atoms with E-state index in [1.807, 2.05) is 22.9 Å². The van der Waals surface area contributed by atoms with Crippen LogP contribution in [0.2, 0.25) is 10.0 Å².